The number of halogens is 1. The molecule has 0 spiro atoms. The normalized spacial score (nSPS) is 23.1. The van der Waals surface area contributed by atoms with Gasteiger partial charge in [-0.2, -0.15) is 0 Å². The molecule has 5 heteroatoms. The summed E-state index contributed by atoms with van der Waals surface area (Å²) in [6.45, 7) is 7.24. The van der Waals surface area contributed by atoms with Crippen LogP contribution in [0.5, 0.6) is 0 Å². The van der Waals surface area contributed by atoms with Gasteiger partial charge in [-0.25, -0.2) is 4.39 Å². The first-order valence-electron chi connectivity index (χ1n) is 8.19. The first-order chi connectivity index (χ1) is 11.5. The Labute approximate surface area is 142 Å². The van der Waals surface area contributed by atoms with Crippen molar-refractivity contribution >= 4 is 5.97 Å². The zero-order chi connectivity index (χ0) is 17.5. The van der Waals surface area contributed by atoms with E-state index >= 15 is 0 Å². The minimum absolute atomic E-state index is 0.0655. The van der Waals surface area contributed by atoms with Crippen LogP contribution in [0.25, 0.3) is 0 Å². The minimum Gasteiger partial charge on any atom is -0.481 e. The number of nitrogens with one attached hydrogen (secondary N) is 1. The molecule has 0 aromatic heterocycles. The molecule has 2 rings (SSSR count). The summed E-state index contributed by atoms with van der Waals surface area (Å²) < 4.78 is 19.9. The van der Waals surface area contributed by atoms with Crippen molar-refractivity contribution in [3.05, 3.63) is 59.1 Å². The number of carboxylic acids is 1. The highest BCUT2D eigenvalue weighted by molar-refractivity contribution is 5.67. The molecule has 24 heavy (non-hydrogen) atoms. The molecule has 0 aromatic rings. The van der Waals surface area contributed by atoms with Crippen LogP contribution < -0.4 is 5.32 Å². The standard InChI is InChI=1S/C19H24FNO3/c1-3-4-15(19-13(2)9-10-21-19)12-24-16-7-5-14(17(20)11-16)6-8-18(22)23/h3-5,11,16,21H,2,6-10,12H2,1H3,(H,22,23)/b4-3-,19-15-. The second-order valence-corrected chi connectivity index (χ2v) is 5.90. The molecular formula is C19H24FNO3. The monoisotopic (exact) mass is 333 g/mol. The van der Waals surface area contributed by atoms with Crippen LogP contribution >= 0.6 is 0 Å². The summed E-state index contributed by atoms with van der Waals surface area (Å²) in [5.74, 6) is -1.30. The van der Waals surface area contributed by atoms with Gasteiger partial charge in [0.2, 0.25) is 0 Å². The molecule has 1 atom stereocenters. The van der Waals surface area contributed by atoms with E-state index in [-0.39, 0.29) is 24.8 Å². The lowest BCUT2D eigenvalue weighted by atomic mass is 9.99. The second kappa shape index (κ2) is 8.64. The van der Waals surface area contributed by atoms with E-state index < -0.39 is 5.97 Å². The van der Waals surface area contributed by atoms with Crippen LogP contribution in [0.3, 0.4) is 0 Å². The molecule has 1 aliphatic carbocycles. The Morgan fingerprint density at radius 3 is 2.96 bits per heavy atom. The van der Waals surface area contributed by atoms with Crippen molar-refractivity contribution in [2.75, 3.05) is 13.2 Å². The van der Waals surface area contributed by atoms with Crippen LogP contribution in [0.1, 0.15) is 32.6 Å². The molecule has 1 saturated heterocycles. The first kappa shape index (κ1) is 18.2. The molecule has 1 aliphatic heterocycles. The van der Waals surface area contributed by atoms with Crippen LogP contribution in [0.2, 0.25) is 0 Å². The van der Waals surface area contributed by atoms with Gasteiger partial charge in [0.15, 0.2) is 0 Å². The third-order valence-electron chi connectivity index (χ3n) is 4.07. The van der Waals surface area contributed by atoms with E-state index in [9.17, 15) is 9.18 Å². The van der Waals surface area contributed by atoms with Crippen molar-refractivity contribution in [2.24, 2.45) is 0 Å². The number of carbonyl (C=O) groups is 1. The molecule has 0 aromatic carbocycles. The molecule has 1 heterocycles. The van der Waals surface area contributed by atoms with Crippen LogP contribution in [0, 0.1) is 0 Å². The number of hydrogen-bond acceptors (Lipinski definition) is 3. The van der Waals surface area contributed by atoms with E-state index in [0.29, 0.717) is 18.6 Å². The van der Waals surface area contributed by atoms with Gasteiger partial charge >= 0.3 is 5.97 Å². The van der Waals surface area contributed by atoms with Gasteiger partial charge in [0, 0.05) is 24.2 Å². The Morgan fingerprint density at radius 2 is 2.38 bits per heavy atom. The molecular weight excluding hydrogens is 309 g/mol. The lowest BCUT2D eigenvalue weighted by molar-refractivity contribution is -0.136. The van der Waals surface area contributed by atoms with Gasteiger partial charge in [-0.3, -0.25) is 4.79 Å². The van der Waals surface area contributed by atoms with Gasteiger partial charge in [0.05, 0.1) is 12.7 Å². The van der Waals surface area contributed by atoms with Crippen LogP contribution in [0.4, 0.5) is 4.39 Å². The van der Waals surface area contributed by atoms with Gasteiger partial charge in [0.1, 0.15) is 5.83 Å². The molecule has 4 nitrogen and oxygen atoms in total. The molecule has 2 N–H and O–H groups in total. The number of rotatable bonds is 7. The van der Waals surface area contributed by atoms with Gasteiger partial charge < -0.3 is 15.2 Å². The fourth-order valence-corrected chi connectivity index (χ4v) is 2.80. The quantitative estimate of drug-likeness (QED) is 0.744. The Kier molecular flexibility index (Phi) is 6.55. The van der Waals surface area contributed by atoms with E-state index in [0.717, 1.165) is 29.8 Å². The van der Waals surface area contributed by atoms with Gasteiger partial charge in [0.25, 0.3) is 0 Å². The number of hydrogen-bond donors (Lipinski definition) is 2. The summed E-state index contributed by atoms with van der Waals surface area (Å²) in [4.78, 5) is 10.6. The SMILES string of the molecule is C=C1CCN/C1=C(/C=C\C)COC1C=C(F)C(CCC(=O)O)=CC1. The van der Waals surface area contributed by atoms with Crippen molar-refractivity contribution in [1.29, 1.82) is 0 Å². The Morgan fingerprint density at radius 1 is 1.58 bits per heavy atom. The average Bonchev–Trinajstić information content (AvgIpc) is 2.96. The summed E-state index contributed by atoms with van der Waals surface area (Å²) >= 11 is 0. The molecule has 130 valence electrons. The summed E-state index contributed by atoms with van der Waals surface area (Å²) in [6.07, 6.45) is 8.37. The first-order valence-corrected chi connectivity index (χ1v) is 8.19. The Bertz CT molecular complexity index is 629. The maximum absolute atomic E-state index is 14.1. The van der Waals surface area contributed by atoms with Crippen molar-refractivity contribution in [1.82, 2.24) is 5.32 Å². The van der Waals surface area contributed by atoms with Crippen LogP contribution in [0.15, 0.2) is 59.1 Å². The van der Waals surface area contributed by atoms with Crippen molar-refractivity contribution in [2.45, 2.75) is 38.7 Å². The van der Waals surface area contributed by atoms with E-state index in [1.54, 1.807) is 6.08 Å². The van der Waals surface area contributed by atoms with E-state index in [4.69, 9.17) is 9.84 Å². The fourth-order valence-electron chi connectivity index (χ4n) is 2.80. The highest BCUT2D eigenvalue weighted by Crippen LogP contribution is 2.26. The van der Waals surface area contributed by atoms with E-state index in [2.05, 4.69) is 11.9 Å². The highest BCUT2D eigenvalue weighted by Gasteiger charge is 2.19. The van der Waals surface area contributed by atoms with Gasteiger partial charge in [-0.15, -0.1) is 0 Å². The summed E-state index contributed by atoms with van der Waals surface area (Å²) in [6, 6.07) is 0. The van der Waals surface area contributed by atoms with E-state index in [1.165, 1.54) is 6.08 Å². The number of allylic oxidation sites excluding steroid dienone is 4. The number of aliphatic carboxylic acids is 1. The maximum atomic E-state index is 14.1. The topological polar surface area (TPSA) is 58.6 Å². The average molecular weight is 333 g/mol. The molecule has 1 unspecified atom stereocenters. The van der Waals surface area contributed by atoms with E-state index in [1.807, 2.05) is 19.1 Å². The maximum Gasteiger partial charge on any atom is 0.303 e. The second-order valence-electron chi connectivity index (χ2n) is 5.90. The van der Waals surface area contributed by atoms with Crippen LogP contribution in [-0.2, 0) is 9.53 Å². The Hall–Kier alpha value is -2.14. The number of ether oxygens (including phenoxy) is 1. The summed E-state index contributed by atoms with van der Waals surface area (Å²) in [5, 5.41) is 12.0. The van der Waals surface area contributed by atoms with Gasteiger partial charge in [-0.1, -0.05) is 24.8 Å². The largest absolute Gasteiger partial charge is 0.481 e. The molecule has 0 radical (unpaired) electrons. The summed E-state index contributed by atoms with van der Waals surface area (Å²) in [7, 11) is 0. The molecule has 2 aliphatic rings. The number of carboxylic acid groups (broad SMARTS) is 1. The van der Waals surface area contributed by atoms with Gasteiger partial charge in [-0.05, 0) is 43.4 Å². The molecule has 0 bridgehead atoms. The van der Waals surface area contributed by atoms with Crippen molar-refractivity contribution in [3.63, 3.8) is 0 Å². The zero-order valence-corrected chi connectivity index (χ0v) is 14.0. The fraction of sp³-hybridized carbons (Fsp3) is 0.421. The zero-order valence-electron chi connectivity index (χ0n) is 14.0. The Balaban J connectivity index is 1.95. The lowest BCUT2D eigenvalue weighted by Gasteiger charge is -2.19. The predicted molar refractivity (Wildman–Crippen MR) is 92.1 cm³/mol. The van der Waals surface area contributed by atoms with Crippen molar-refractivity contribution < 1.29 is 19.0 Å². The molecule has 0 saturated carbocycles. The third kappa shape index (κ3) is 4.93. The lowest BCUT2D eigenvalue weighted by Crippen LogP contribution is -2.17. The van der Waals surface area contributed by atoms with Crippen molar-refractivity contribution in [3.8, 4) is 0 Å². The third-order valence-corrected chi connectivity index (χ3v) is 4.07. The smallest absolute Gasteiger partial charge is 0.303 e. The molecule has 1 fully saturated rings. The predicted octanol–water partition coefficient (Wildman–Crippen LogP) is 3.80. The minimum atomic E-state index is -0.922. The highest BCUT2D eigenvalue weighted by atomic mass is 19.1. The summed E-state index contributed by atoms with van der Waals surface area (Å²) in [5.41, 5.74) is 3.54. The molecule has 0 amide bonds. The van der Waals surface area contributed by atoms with Crippen LogP contribution in [-0.4, -0.2) is 30.3 Å².